The minimum absolute atomic E-state index is 1.21. The van der Waals surface area contributed by atoms with Crippen molar-refractivity contribution < 1.29 is 0 Å². The summed E-state index contributed by atoms with van der Waals surface area (Å²) in [5, 5.41) is 2.20. The summed E-state index contributed by atoms with van der Waals surface area (Å²) in [6.07, 6.45) is 3.71. The predicted molar refractivity (Wildman–Crippen MR) is 57.0 cm³/mol. The fourth-order valence-corrected chi connectivity index (χ4v) is 2.21. The van der Waals surface area contributed by atoms with E-state index in [0.29, 0.717) is 0 Å². The first-order valence-electron chi connectivity index (χ1n) is 4.24. The van der Waals surface area contributed by atoms with E-state index in [1.165, 1.54) is 21.6 Å². The zero-order valence-electron chi connectivity index (χ0n) is 7.74. The second-order valence-electron chi connectivity index (χ2n) is 3.07. The van der Waals surface area contributed by atoms with Crippen LogP contribution < -0.4 is 0 Å². The first-order chi connectivity index (χ1) is 6.29. The number of hydrogen-bond acceptors (Lipinski definition) is 2. The summed E-state index contributed by atoms with van der Waals surface area (Å²) in [6.45, 7) is 4.31. The third kappa shape index (κ3) is 1.49. The summed E-state index contributed by atoms with van der Waals surface area (Å²) in [5.74, 6) is 0. The normalized spacial score (nSPS) is 10.3. The van der Waals surface area contributed by atoms with Crippen LogP contribution in [0.2, 0.25) is 0 Å². The molecule has 2 heterocycles. The number of hydrogen-bond donors (Lipinski definition) is 0. The molecule has 0 aromatic carbocycles. The van der Waals surface area contributed by atoms with E-state index < -0.39 is 0 Å². The lowest BCUT2D eigenvalue weighted by Crippen LogP contribution is -1.79. The molecule has 2 aromatic rings. The molecule has 0 radical (unpaired) electrons. The van der Waals surface area contributed by atoms with E-state index in [-0.39, 0.29) is 0 Å². The van der Waals surface area contributed by atoms with Gasteiger partial charge in [-0.15, -0.1) is 11.3 Å². The minimum atomic E-state index is 1.21. The van der Waals surface area contributed by atoms with Crippen molar-refractivity contribution in [3.8, 4) is 11.1 Å². The van der Waals surface area contributed by atoms with Crippen LogP contribution in [0.3, 0.4) is 0 Å². The van der Waals surface area contributed by atoms with E-state index in [1.807, 2.05) is 12.3 Å². The molecule has 0 bridgehead atoms. The van der Waals surface area contributed by atoms with Crippen LogP contribution in [0, 0.1) is 13.8 Å². The molecule has 0 aliphatic carbocycles. The average molecular weight is 189 g/mol. The van der Waals surface area contributed by atoms with Gasteiger partial charge >= 0.3 is 0 Å². The molecule has 0 unspecified atom stereocenters. The monoisotopic (exact) mass is 189 g/mol. The Bertz CT molecular complexity index is 403. The van der Waals surface area contributed by atoms with Gasteiger partial charge in [-0.2, -0.15) is 0 Å². The van der Waals surface area contributed by atoms with Gasteiger partial charge in [-0.25, -0.2) is 0 Å². The van der Waals surface area contributed by atoms with E-state index in [2.05, 4.69) is 30.3 Å². The van der Waals surface area contributed by atoms with Gasteiger partial charge in [0.15, 0.2) is 0 Å². The SMILES string of the molecule is Cc1scc(-c2cccnc2)c1C. The van der Waals surface area contributed by atoms with Crippen molar-refractivity contribution in [2.24, 2.45) is 0 Å². The van der Waals surface area contributed by atoms with Crippen molar-refractivity contribution in [1.29, 1.82) is 0 Å². The molecule has 13 heavy (non-hydrogen) atoms. The molecule has 0 aliphatic heterocycles. The lowest BCUT2D eigenvalue weighted by molar-refractivity contribution is 1.32. The van der Waals surface area contributed by atoms with Crippen molar-refractivity contribution in [1.82, 2.24) is 4.98 Å². The van der Waals surface area contributed by atoms with Crippen molar-refractivity contribution in [2.75, 3.05) is 0 Å². The third-order valence-electron chi connectivity index (χ3n) is 2.26. The van der Waals surface area contributed by atoms with Crippen LogP contribution in [-0.2, 0) is 0 Å². The lowest BCUT2D eigenvalue weighted by atomic mass is 10.1. The van der Waals surface area contributed by atoms with Gasteiger partial charge in [0.25, 0.3) is 0 Å². The first-order valence-corrected chi connectivity index (χ1v) is 5.12. The summed E-state index contributed by atoms with van der Waals surface area (Å²) in [5.41, 5.74) is 3.90. The molecule has 66 valence electrons. The Kier molecular flexibility index (Phi) is 2.15. The fraction of sp³-hybridized carbons (Fsp3) is 0.182. The van der Waals surface area contributed by atoms with Crippen LogP contribution >= 0.6 is 11.3 Å². The van der Waals surface area contributed by atoms with Crippen molar-refractivity contribution in [2.45, 2.75) is 13.8 Å². The molecule has 0 spiro atoms. The van der Waals surface area contributed by atoms with Crippen LogP contribution in [0.25, 0.3) is 11.1 Å². The Labute approximate surface area is 82.1 Å². The summed E-state index contributed by atoms with van der Waals surface area (Å²) >= 11 is 1.80. The second kappa shape index (κ2) is 3.30. The van der Waals surface area contributed by atoms with E-state index in [0.717, 1.165) is 0 Å². The molecule has 1 nitrogen and oxygen atoms in total. The molecule has 2 rings (SSSR count). The smallest absolute Gasteiger partial charge is 0.0346 e. The Balaban J connectivity index is 2.53. The highest BCUT2D eigenvalue weighted by Gasteiger charge is 2.05. The number of nitrogens with zero attached hydrogens (tertiary/aromatic N) is 1. The van der Waals surface area contributed by atoms with Crippen LogP contribution in [0.4, 0.5) is 0 Å². The van der Waals surface area contributed by atoms with Gasteiger partial charge in [0, 0.05) is 22.8 Å². The average Bonchev–Trinajstić information content (AvgIpc) is 2.49. The summed E-state index contributed by atoms with van der Waals surface area (Å²) in [7, 11) is 0. The zero-order chi connectivity index (χ0) is 9.26. The summed E-state index contributed by atoms with van der Waals surface area (Å²) in [6, 6.07) is 4.07. The molecule has 2 heteroatoms. The van der Waals surface area contributed by atoms with Gasteiger partial charge in [0.05, 0.1) is 0 Å². The van der Waals surface area contributed by atoms with Crippen LogP contribution in [0.1, 0.15) is 10.4 Å². The van der Waals surface area contributed by atoms with Gasteiger partial charge in [0.2, 0.25) is 0 Å². The van der Waals surface area contributed by atoms with Gasteiger partial charge < -0.3 is 0 Å². The van der Waals surface area contributed by atoms with Crippen LogP contribution in [0.5, 0.6) is 0 Å². The Morgan fingerprint density at radius 1 is 1.31 bits per heavy atom. The Morgan fingerprint density at radius 3 is 2.69 bits per heavy atom. The standard InChI is InChI=1S/C11H11NS/c1-8-9(2)13-7-11(8)10-4-3-5-12-6-10/h3-7H,1-2H3. The number of pyridine rings is 1. The maximum absolute atomic E-state index is 4.12. The summed E-state index contributed by atoms with van der Waals surface area (Å²) < 4.78 is 0. The largest absolute Gasteiger partial charge is 0.264 e. The Hall–Kier alpha value is -1.15. The minimum Gasteiger partial charge on any atom is -0.264 e. The van der Waals surface area contributed by atoms with Crippen molar-refractivity contribution >= 4 is 11.3 Å². The van der Waals surface area contributed by atoms with Gasteiger partial charge in [-0.1, -0.05) is 6.07 Å². The molecule has 0 N–H and O–H groups in total. The highest BCUT2D eigenvalue weighted by molar-refractivity contribution is 7.10. The molecular formula is C11H11NS. The van der Waals surface area contributed by atoms with Gasteiger partial charge in [0.1, 0.15) is 0 Å². The van der Waals surface area contributed by atoms with E-state index in [1.54, 1.807) is 17.5 Å². The maximum atomic E-state index is 4.12. The topological polar surface area (TPSA) is 12.9 Å². The molecule has 0 saturated heterocycles. The van der Waals surface area contributed by atoms with Gasteiger partial charge in [-0.3, -0.25) is 4.98 Å². The number of aryl methyl sites for hydroxylation is 1. The van der Waals surface area contributed by atoms with Crippen LogP contribution in [-0.4, -0.2) is 4.98 Å². The van der Waals surface area contributed by atoms with E-state index in [9.17, 15) is 0 Å². The molecular weight excluding hydrogens is 178 g/mol. The molecule has 0 aliphatic rings. The highest BCUT2D eigenvalue weighted by Crippen LogP contribution is 2.29. The summed E-state index contributed by atoms with van der Waals surface area (Å²) in [4.78, 5) is 5.50. The molecule has 0 fully saturated rings. The maximum Gasteiger partial charge on any atom is 0.0346 e. The predicted octanol–water partition coefficient (Wildman–Crippen LogP) is 3.43. The molecule has 2 aromatic heterocycles. The first kappa shape index (κ1) is 8.45. The van der Waals surface area contributed by atoms with Crippen molar-refractivity contribution in [3.63, 3.8) is 0 Å². The van der Waals surface area contributed by atoms with E-state index >= 15 is 0 Å². The van der Waals surface area contributed by atoms with Crippen molar-refractivity contribution in [3.05, 3.63) is 40.3 Å². The lowest BCUT2D eigenvalue weighted by Gasteiger charge is -1.98. The third-order valence-corrected chi connectivity index (χ3v) is 3.27. The molecule has 0 amide bonds. The van der Waals surface area contributed by atoms with Crippen LogP contribution in [0.15, 0.2) is 29.9 Å². The fourth-order valence-electron chi connectivity index (χ4n) is 1.32. The quantitative estimate of drug-likeness (QED) is 0.669. The van der Waals surface area contributed by atoms with E-state index in [4.69, 9.17) is 0 Å². The zero-order valence-corrected chi connectivity index (χ0v) is 8.56. The molecule has 0 saturated carbocycles. The van der Waals surface area contributed by atoms with Gasteiger partial charge in [-0.05, 0) is 36.4 Å². The number of thiophene rings is 1. The highest BCUT2D eigenvalue weighted by atomic mass is 32.1. The number of rotatable bonds is 1. The number of aromatic nitrogens is 1. The second-order valence-corrected chi connectivity index (χ2v) is 4.16. The molecule has 0 atom stereocenters. The Morgan fingerprint density at radius 2 is 2.15 bits per heavy atom.